The van der Waals surface area contributed by atoms with Crippen molar-refractivity contribution in [1.29, 1.82) is 0 Å². The molecule has 1 aliphatic heterocycles. The Labute approximate surface area is 167 Å². The molecule has 0 saturated heterocycles. The molecule has 9 heteroatoms. The summed E-state index contributed by atoms with van der Waals surface area (Å²) >= 11 is 9.18. The first-order valence-corrected chi connectivity index (χ1v) is 10.8. The van der Waals surface area contributed by atoms with Crippen LogP contribution in [0.5, 0.6) is 0 Å². The van der Waals surface area contributed by atoms with E-state index in [-0.39, 0.29) is 29.0 Å². The minimum Gasteiger partial charge on any atom is -0.459 e. The lowest BCUT2D eigenvalue weighted by Gasteiger charge is -2.35. The van der Waals surface area contributed by atoms with Gasteiger partial charge in [0, 0.05) is 12.0 Å². The number of thiophene rings is 2. The van der Waals surface area contributed by atoms with Gasteiger partial charge in [0.2, 0.25) is 0 Å². The van der Waals surface area contributed by atoms with Crippen LogP contribution < -0.4 is 0 Å². The Hall–Kier alpha value is -0.770. The van der Waals surface area contributed by atoms with Gasteiger partial charge in [0.05, 0.1) is 17.7 Å². The molecule has 0 radical (unpaired) electrons. The van der Waals surface area contributed by atoms with Gasteiger partial charge in [-0.15, -0.1) is 22.7 Å². The Morgan fingerprint density at radius 2 is 2.08 bits per heavy atom. The van der Waals surface area contributed by atoms with Crippen LogP contribution in [-0.4, -0.2) is 24.1 Å². The highest BCUT2D eigenvalue weighted by Gasteiger charge is 2.36. The molecule has 0 spiro atoms. The van der Waals surface area contributed by atoms with E-state index < -0.39 is 11.8 Å². The van der Waals surface area contributed by atoms with Gasteiger partial charge in [-0.1, -0.05) is 6.08 Å². The van der Waals surface area contributed by atoms with Gasteiger partial charge in [0.25, 0.3) is 0 Å². The number of carbonyl (C=O) groups excluding carboxylic acids is 2. The molecule has 0 N–H and O–H groups in total. The number of carbonyl (C=O) groups is 2. The molecule has 2 aliphatic rings. The Morgan fingerprint density at radius 3 is 2.84 bits per heavy atom. The van der Waals surface area contributed by atoms with Crippen molar-refractivity contribution >= 4 is 76.6 Å². The highest BCUT2D eigenvalue weighted by Crippen LogP contribution is 2.46. The largest absolute Gasteiger partial charge is 0.459 e. The lowest BCUT2D eigenvalue weighted by molar-refractivity contribution is -0.150. The lowest BCUT2D eigenvalue weighted by atomic mass is 9.83. The van der Waals surface area contributed by atoms with Gasteiger partial charge in [0.1, 0.15) is 17.1 Å². The minimum absolute atomic E-state index is 0.00747. The van der Waals surface area contributed by atoms with Crippen LogP contribution in [0, 0.1) is 11.7 Å². The van der Waals surface area contributed by atoms with Crippen LogP contribution in [0.15, 0.2) is 19.7 Å². The molecule has 25 heavy (non-hydrogen) atoms. The van der Waals surface area contributed by atoms with Gasteiger partial charge in [-0.25, -0.2) is 14.0 Å². The Bertz CT molecular complexity index is 904. The third-order valence-corrected chi connectivity index (χ3v) is 8.48. The molecule has 0 bridgehead atoms. The fourth-order valence-electron chi connectivity index (χ4n) is 3.22. The molecule has 2 aromatic rings. The molecule has 4 nitrogen and oxygen atoms in total. The van der Waals surface area contributed by atoms with E-state index in [2.05, 4.69) is 31.9 Å². The number of esters is 2. The fraction of sp³-hybridized carbons (Fsp3) is 0.375. The van der Waals surface area contributed by atoms with E-state index in [1.54, 1.807) is 0 Å². The summed E-state index contributed by atoms with van der Waals surface area (Å²) in [4.78, 5) is 23.7. The molecule has 1 saturated carbocycles. The van der Waals surface area contributed by atoms with Gasteiger partial charge in [-0.2, -0.15) is 0 Å². The van der Waals surface area contributed by atoms with Crippen molar-refractivity contribution in [3.63, 3.8) is 0 Å². The van der Waals surface area contributed by atoms with Crippen molar-refractivity contribution in [3.05, 3.63) is 30.4 Å². The van der Waals surface area contributed by atoms with Crippen LogP contribution in [0.1, 0.15) is 28.9 Å². The highest BCUT2D eigenvalue weighted by molar-refractivity contribution is 9.12. The first-order valence-electron chi connectivity index (χ1n) is 7.59. The molecule has 1 aliphatic carbocycles. The van der Waals surface area contributed by atoms with Crippen LogP contribution in [0.4, 0.5) is 4.39 Å². The van der Waals surface area contributed by atoms with E-state index in [0.717, 1.165) is 15.1 Å². The number of halogens is 3. The van der Waals surface area contributed by atoms with Crippen LogP contribution in [-0.2, 0) is 14.3 Å². The van der Waals surface area contributed by atoms with Gasteiger partial charge >= 0.3 is 11.9 Å². The quantitative estimate of drug-likeness (QED) is 0.506. The van der Waals surface area contributed by atoms with E-state index >= 15 is 0 Å². The van der Waals surface area contributed by atoms with Crippen LogP contribution >= 0.6 is 54.5 Å². The number of ether oxygens (including phenoxy) is 2. The molecule has 3 unspecified atom stereocenters. The molecule has 2 aromatic heterocycles. The summed E-state index contributed by atoms with van der Waals surface area (Å²) in [5, 5.41) is 0.416. The van der Waals surface area contributed by atoms with Crippen molar-refractivity contribution < 1.29 is 23.5 Å². The van der Waals surface area contributed by atoms with Crippen LogP contribution in [0.25, 0.3) is 10.1 Å². The highest BCUT2D eigenvalue weighted by atomic mass is 79.9. The topological polar surface area (TPSA) is 52.6 Å². The maximum absolute atomic E-state index is 14.6. The van der Waals surface area contributed by atoms with E-state index in [4.69, 9.17) is 9.47 Å². The lowest BCUT2D eigenvalue weighted by Crippen LogP contribution is -2.38. The molecular weight excluding hydrogens is 499 g/mol. The Kier molecular flexibility index (Phi) is 4.76. The van der Waals surface area contributed by atoms with Crippen molar-refractivity contribution in [3.8, 4) is 0 Å². The van der Waals surface area contributed by atoms with Gasteiger partial charge in [0.15, 0.2) is 5.82 Å². The Balaban J connectivity index is 1.51. The minimum atomic E-state index is -0.636. The molecule has 0 amide bonds. The molecule has 3 atom stereocenters. The molecule has 1 fully saturated rings. The van der Waals surface area contributed by atoms with E-state index in [1.165, 1.54) is 17.4 Å². The van der Waals surface area contributed by atoms with Crippen LogP contribution in [0.2, 0.25) is 0 Å². The van der Waals surface area contributed by atoms with Gasteiger partial charge < -0.3 is 9.47 Å². The Morgan fingerprint density at radius 1 is 1.28 bits per heavy atom. The molecule has 3 heterocycles. The second kappa shape index (κ2) is 6.75. The fourth-order valence-corrected chi connectivity index (χ4v) is 7.65. The van der Waals surface area contributed by atoms with Crippen molar-refractivity contribution in [2.45, 2.75) is 31.5 Å². The molecule has 4 rings (SSSR count). The SMILES string of the molecule is O=C1C=CC2CC(OC(=O)c3sc4c(Br)sc(Br)c4c3F)CCC2O1. The molecule has 132 valence electrons. The number of hydrogen-bond donors (Lipinski definition) is 0. The summed E-state index contributed by atoms with van der Waals surface area (Å²) in [5.74, 6) is -1.46. The van der Waals surface area contributed by atoms with Crippen molar-refractivity contribution in [2.24, 2.45) is 5.92 Å². The standard InChI is InChI=1S/C16H11Br2FO4S2/c17-14-10-11(19)13(24-12(10)15(18)25-14)16(21)22-7-2-3-8-6(5-7)1-4-9(20)23-8/h1,4,6-8H,2-3,5H2. The summed E-state index contributed by atoms with van der Waals surface area (Å²) in [6, 6.07) is 0. The third-order valence-electron chi connectivity index (χ3n) is 4.40. The maximum Gasteiger partial charge on any atom is 0.351 e. The summed E-state index contributed by atoms with van der Waals surface area (Å²) in [5.41, 5.74) is 0. The zero-order valence-electron chi connectivity index (χ0n) is 12.6. The third kappa shape index (κ3) is 3.20. The average Bonchev–Trinajstić information content (AvgIpc) is 3.06. The summed E-state index contributed by atoms with van der Waals surface area (Å²) in [6.07, 6.45) is 4.58. The van der Waals surface area contributed by atoms with E-state index in [9.17, 15) is 14.0 Å². The zero-order valence-corrected chi connectivity index (χ0v) is 17.4. The monoisotopic (exact) mass is 508 g/mol. The van der Waals surface area contributed by atoms with E-state index in [1.807, 2.05) is 6.08 Å². The molecular formula is C16H11Br2FO4S2. The first kappa shape index (κ1) is 17.6. The number of rotatable bonds is 2. The molecule has 0 aromatic carbocycles. The normalized spacial score (nSPS) is 25.7. The zero-order chi connectivity index (χ0) is 17.7. The smallest absolute Gasteiger partial charge is 0.351 e. The van der Waals surface area contributed by atoms with Crippen molar-refractivity contribution in [1.82, 2.24) is 0 Å². The predicted molar refractivity (Wildman–Crippen MR) is 101 cm³/mol. The predicted octanol–water partition coefficient (Wildman–Crippen LogP) is 5.43. The maximum atomic E-state index is 14.6. The average molecular weight is 510 g/mol. The number of hydrogen-bond acceptors (Lipinski definition) is 6. The van der Waals surface area contributed by atoms with Gasteiger partial charge in [-0.3, -0.25) is 0 Å². The summed E-state index contributed by atoms with van der Waals surface area (Å²) in [7, 11) is 0. The van der Waals surface area contributed by atoms with Crippen molar-refractivity contribution in [2.75, 3.05) is 0 Å². The van der Waals surface area contributed by atoms with E-state index in [0.29, 0.717) is 33.1 Å². The first-order chi connectivity index (χ1) is 11.9. The van der Waals surface area contributed by atoms with Crippen LogP contribution in [0.3, 0.4) is 0 Å². The number of fused-ring (bicyclic) bond motifs is 2. The second-order valence-electron chi connectivity index (χ2n) is 5.94. The summed E-state index contributed by atoms with van der Waals surface area (Å²) in [6.45, 7) is 0. The summed E-state index contributed by atoms with van der Waals surface area (Å²) < 4.78 is 27.6. The van der Waals surface area contributed by atoms with Gasteiger partial charge in [-0.05, 0) is 51.1 Å². The second-order valence-corrected chi connectivity index (χ2v) is 10.6.